The lowest BCUT2D eigenvalue weighted by Crippen LogP contribution is -2.11. The Labute approximate surface area is 103 Å². The third kappa shape index (κ3) is 2.38. The molecule has 1 saturated carbocycles. The molecule has 0 unspecified atom stereocenters. The molecule has 94 valence electrons. The first-order chi connectivity index (χ1) is 7.99. The average molecular weight is 253 g/mol. The van der Waals surface area contributed by atoms with Gasteiger partial charge in [0, 0.05) is 12.2 Å². The van der Waals surface area contributed by atoms with E-state index >= 15 is 0 Å². The molecule has 0 aromatic heterocycles. The van der Waals surface area contributed by atoms with Gasteiger partial charge in [-0.2, -0.15) is 0 Å². The van der Waals surface area contributed by atoms with E-state index in [-0.39, 0.29) is 17.1 Å². The summed E-state index contributed by atoms with van der Waals surface area (Å²) in [5, 5.41) is -0.278. The van der Waals surface area contributed by atoms with Crippen molar-refractivity contribution in [3.8, 4) is 0 Å². The van der Waals surface area contributed by atoms with Gasteiger partial charge in [-0.15, -0.1) is 0 Å². The molecule has 2 N–H and O–H groups in total. The zero-order valence-corrected chi connectivity index (χ0v) is 11.1. The molecule has 1 aliphatic rings. The molecule has 0 saturated heterocycles. The molecular formula is C13H19NO2S. The highest BCUT2D eigenvalue weighted by Gasteiger charge is 2.55. The molecule has 1 aliphatic carbocycles. The number of hydrogen-bond acceptors (Lipinski definition) is 3. The molecule has 0 heterocycles. The van der Waals surface area contributed by atoms with E-state index in [2.05, 4.69) is 19.1 Å². The summed E-state index contributed by atoms with van der Waals surface area (Å²) < 4.78 is 23.2. The molecule has 0 bridgehead atoms. The first kappa shape index (κ1) is 12.6. The second-order valence-electron chi connectivity index (χ2n) is 4.81. The van der Waals surface area contributed by atoms with Gasteiger partial charge in [-0.1, -0.05) is 31.2 Å². The van der Waals surface area contributed by atoms with Crippen LogP contribution in [0, 0.1) is 5.92 Å². The Morgan fingerprint density at radius 2 is 1.82 bits per heavy atom. The highest BCUT2D eigenvalue weighted by atomic mass is 32.2. The van der Waals surface area contributed by atoms with Crippen LogP contribution >= 0.6 is 0 Å². The minimum absolute atomic E-state index is 0.0949. The Bertz CT molecular complexity index is 493. The molecule has 0 radical (unpaired) electrons. The van der Waals surface area contributed by atoms with Crippen LogP contribution < -0.4 is 5.73 Å². The van der Waals surface area contributed by atoms with Crippen LogP contribution in [0.2, 0.25) is 0 Å². The average Bonchev–Trinajstić information content (AvgIpc) is 3.03. The van der Waals surface area contributed by atoms with Crippen molar-refractivity contribution >= 4 is 9.84 Å². The maximum Gasteiger partial charge on any atom is 0.151 e. The quantitative estimate of drug-likeness (QED) is 0.880. The molecule has 2 rings (SSSR count). The van der Waals surface area contributed by atoms with Gasteiger partial charge in [0.1, 0.15) is 0 Å². The molecule has 1 aromatic carbocycles. The van der Waals surface area contributed by atoms with Crippen LogP contribution in [0.5, 0.6) is 0 Å². The fraction of sp³-hybridized carbons (Fsp3) is 0.538. The second kappa shape index (κ2) is 4.42. The van der Waals surface area contributed by atoms with Gasteiger partial charge in [0.2, 0.25) is 0 Å². The van der Waals surface area contributed by atoms with Crippen LogP contribution in [0.25, 0.3) is 0 Å². The van der Waals surface area contributed by atoms with Crippen LogP contribution in [0.15, 0.2) is 24.3 Å². The summed E-state index contributed by atoms with van der Waals surface area (Å²) in [5.74, 6) is 0.193. The van der Waals surface area contributed by atoms with Crippen LogP contribution in [-0.4, -0.2) is 26.5 Å². The molecule has 17 heavy (non-hydrogen) atoms. The number of rotatable bonds is 4. The van der Waals surface area contributed by atoms with Crippen molar-refractivity contribution < 1.29 is 8.42 Å². The Hall–Kier alpha value is -0.870. The molecule has 0 spiro atoms. The predicted molar refractivity (Wildman–Crippen MR) is 69.7 cm³/mol. The van der Waals surface area contributed by atoms with E-state index in [1.54, 1.807) is 0 Å². The number of nitrogens with two attached hydrogens (primary N) is 1. The van der Waals surface area contributed by atoms with E-state index < -0.39 is 9.84 Å². The summed E-state index contributed by atoms with van der Waals surface area (Å²) in [6.07, 6.45) is 2.31. The van der Waals surface area contributed by atoms with Gasteiger partial charge in [0.15, 0.2) is 9.84 Å². The van der Waals surface area contributed by atoms with E-state index in [4.69, 9.17) is 5.73 Å². The van der Waals surface area contributed by atoms with Crippen molar-refractivity contribution in [2.24, 2.45) is 11.7 Å². The predicted octanol–water partition coefficient (Wildman–Crippen LogP) is 1.33. The lowest BCUT2D eigenvalue weighted by molar-refractivity contribution is 0.597. The summed E-state index contributed by atoms with van der Waals surface area (Å²) in [5.41, 5.74) is 8.02. The Balaban J connectivity index is 2.23. The highest BCUT2D eigenvalue weighted by Crippen LogP contribution is 2.51. The first-order valence-corrected chi connectivity index (χ1v) is 7.92. The molecule has 1 aromatic rings. The first-order valence-electron chi connectivity index (χ1n) is 5.96. The van der Waals surface area contributed by atoms with E-state index in [1.807, 2.05) is 12.1 Å². The monoisotopic (exact) mass is 253 g/mol. The zero-order valence-electron chi connectivity index (χ0n) is 10.3. The third-order valence-electron chi connectivity index (χ3n) is 3.64. The lowest BCUT2D eigenvalue weighted by Gasteiger charge is -2.01. The Morgan fingerprint density at radius 1 is 1.24 bits per heavy atom. The van der Waals surface area contributed by atoms with Crippen LogP contribution in [-0.2, 0) is 16.3 Å². The summed E-state index contributed by atoms with van der Waals surface area (Å²) in [6, 6.07) is 8.22. The van der Waals surface area contributed by atoms with Gasteiger partial charge in [0.05, 0.1) is 5.25 Å². The van der Waals surface area contributed by atoms with Crippen molar-refractivity contribution in [2.45, 2.75) is 24.5 Å². The number of sulfone groups is 1. The summed E-state index contributed by atoms with van der Waals surface area (Å²) in [7, 11) is -2.98. The normalized spacial score (nSPS) is 28.1. The summed E-state index contributed by atoms with van der Waals surface area (Å²) in [6.45, 7) is 2.55. The van der Waals surface area contributed by atoms with Crippen LogP contribution in [0.4, 0.5) is 0 Å². The fourth-order valence-electron chi connectivity index (χ4n) is 2.62. The van der Waals surface area contributed by atoms with Gasteiger partial charge in [-0.25, -0.2) is 8.42 Å². The van der Waals surface area contributed by atoms with Crippen LogP contribution in [0.1, 0.15) is 24.0 Å². The molecule has 0 amide bonds. The maximum atomic E-state index is 11.6. The topological polar surface area (TPSA) is 60.2 Å². The van der Waals surface area contributed by atoms with Crippen molar-refractivity contribution in [3.63, 3.8) is 0 Å². The van der Waals surface area contributed by atoms with E-state index in [1.165, 1.54) is 11.8 Å². The molecule has 3 nitrogen and oxygen atoms in total. The van der Waals surface area contributed by atoms with E-state index in [0.29, 0.717) is 6.54 Å². The number of aryl methyl sites for hydroxylation is 1. The standard InChI is InChI=1S/C13H19NO2S/c1-3-9-4-6-10(7-5-9)12-11(8-14)13(12)17(2,15)16/h4-7,11-13H,3,8,14H2,1-2H3/t11-,12+,13-/m0/s1. The van der Waals surface area contributed by atoms with E-state index in [0.717, 1.165) is 12.0 Å². The second-order valence-corrected chi connectivity index (χ2v) is 7.02. The molecular weight excluding hydrogens is 234 g/mol. The number of benzene rings is 1. The highest BCUT2D eigenvalue weighted by molar-refractivity contribution is 7.91. The van der Waals surface area contributed by atoms with Crippen LogP contribution in [0.3, 0.4) is 0 Å². The third-order valence-corrected chi connectivity index (χ3v) is 5.27. The Kier molecular flexibility index (Phi) is 3.27. The van der Waals surface area contributed by atoms with E-state index in [9.17, 15) is 8.42 Å². The SMILES string of the molecule is CCc1ccc([C@@H]2[C@H](CN)[C@@H]2S(C)(=O)=O)cc1. The smallest absolute Gasteiger partial charge is 0.151 e. The zero-order chi connectivity index (χ0) is 12.6. The minimum atomic E-state index is -2.98. The number of hydrogen-bond donors (Lipinski definition) is 1. The minimum Gasteiger partial charge on any atom is -0.330 e. The van der Waals surface area contributed by atoms with Gasteiger partial charge in [0.25, 0.3) is 0 Å². The van der Waals surface area contributed by atoms with Gasteiger partial charge >= 0.3 is 0 Å². The largest absolute Gasteiger partial charge is 0.330 e. The van der Waals surface area contributed by atoms with Gasteiger partial charge in [-0.3, -0.25) is 0 Å². The molecule has 4 heteroatoms. The van der Waals surface area contributed by atoms with Crippen molar-refractivity contribution in [2.75, 3.05) is 12.8 Å². The van der Waals surface area contributed by atoms with Crippen molar-refractivity contribution in [1.29, 1.82) is 0 Å². The van der Waals surface area contributed by atoms with Crippen molar-refractivity contribution in [3.05, 3.63) is 35.4 Å². The maximum absolute atomic E-state index is 11.6. The van der Waals surface area contributed by atoms with Gasteiger partial charge in [-0.05, 0) is 30.0 Å². The van der Waals surface area contributed by atoms with Crippen molar-refractivity contribution in [1.82, 2.24) is 0 Å². The molecule has 0 aliphatic heterocycles. The lowest BCUT2D eigenvalue weighted by atomic mass is 10.1. The summed E-state index contributed by atoms with van der Waals surface area (Å²) in [4.78, 5) is 0. The van der Waals surface area contributed by atoms with Gasteiger partial charge < -0.3 is 5.73 Å². The molecule has 1 fully saturated rings. The Morgan fingerprint density at radius 3 is 2.18 bits per heavy atom. The summed E-state index contributed by atoms with van der Waals surface area (Å²) >= 11 is 0. The fourth-order valence-corrected chi connectivity index (χ4v) is 4.34. The molecule has 3 atom stereocenters.